The average molecular weight is 706 g/mol. The van der Waals surface area contributed by atoms with Crippen molar-refractivity contribution in [3.8, 4) is 22.6 Å². The number of carbonyl (C=O) groups excluding carboxylic acids is 2. The van der Waals surface area contributed by atoms with Gasteiger partial charge in [-0.05, 0) is 55.7 Å². The van der Waals surface area contributed by atoms with Crippen molar-refractivity contribution in [1.29, 1.82) is 0 Å². The first kappa shape index (κ1) is 35.5. The number of ether oxygens (including phenoxy) is 1. The van der Waals surface area contributed by atoms with Gasteiger partial charge in [0.05, 0.1) is 53.5 Å². The van der Waals surface area contributed by atoms with Crippen molar-refractivity contribution in [3.63, 3.8) is 0 Å². The average Bonchev–Trinajstić information content (AvgIpc) is 3.09. The van der Waals surface area contributed by atoms with Crippen LogP contribution in [0.3, 0.4) is 0 Å². The fourth-order valence-electron chi connectivity index (χ4n) is 7.54. The summed E-state index contributed by atoms with van der Waals surface area (Å²) in [6.07, 6.45) is 2.68. The predicted octanol–water partition coefficient (Wildman–Crippen LogP) is 4.55. The lowest BCUT2D eigenvalue weighted by Gasteiger charge is -2.54. The maximum Gasteiger partial charge on any atom is 0.330 e. The predicted molar refractivity (Wildman–Crippen MR) is 186 cm³/mol. The molecule has 11 nitrogen and oxygen atoms in total. The van der Waals surface area contributed by atoms with Crippen LogP contribution in [0.15, 0.2) is 54.0 Å². The minimum absolute atomic E-state index is 0.0263. The molecule has 2 aromatic carbocycles. The third-order valence-electron chi connectivity index (χ3n) is 9.76. The van der Waals surface area contributed by atoms with Crippen molar-refractivity contribution in [2.45, 2.75) is 51.7 Å². The molecule has 2 N–H and O–H groups in total. The Morgan fingerprint density at radius 1 is 1.10 bits per heavy atom. The highest BCUT2D eigenvalue weighted by Crippen LogP contribution is 2.47. The Morgan fingerprint density at radius 2 is 1.82 bits per heavy atom. The number of amides is 1. The van der Waals surface area contributed by atoms with Crippen LogP contribution in [0.1, 0.15) is 37.9 Å². The van der Waals surface area contributed by atoms with E-state index in [4.69, 9.17) is 4.74 Å². The van der Waals surface area contributed by atoms with Gasteiger partial charge >= 0.3 is 5.97 Å². The van der Waals surface area contributed by atoms with Crippen molar-refractivity contribution >= 4 is 34.2 Å². The molecule has 0 radical (unpaired) electrons. The molecular weight excluding hydrogens is 667 g/mol. The highest BCUT2D eigenvalue weighted by atomic mass is 19.1. The number of aromatic hydroxyl groups is 1. The standard InChI is InChI=1S/C37H38F3N5O6/c1-7-26(48)43-17-24-34(37(50)51-6)42(13-14-46)35-33(44(24)16-20(43)5)21-15-23(39)28(27-22(38)9-8-10-25(27)47)29(40)32(21)45(36(35)49)31-19(4)11-12-41-30(31)18(2)3/h7-12,15,18,20,24,34,46-47H,1,13-14,16-17H2,2-6H3. The van der Waals surface area contributed by atoms with Crippen molar-refractivity contribution in [3.05, 3.63) is 88.2 Å². The number of esters is 1. The Labute approximate surface area is 291 Å². The number of hydrogen-bond donors (Lipinski definition) is 2. The van der Waals surface area contributed by atoms with Crippen LogP contribution in [0.4, 0.5) is 24.5 Å². The summed E-state index contributed by atoms with van der Waals surface area (Å²) in [4.78, 5) is 50.9. The van der Waals surface area contributed by atoms with E-state index in [0.717, 1.165) is 28.8 Å². The van der Waals surface area contributed by atoms with Crippen molar-refractivity contribution in [2.24, 2.45) is 0 Å². The van der Waals surface area contributed by atoms with Gasteiger partial charge in [0.1, 0.15) is 29.1 Å². The molecule has 0 aliphatic carbocycles. The zero-order chi connectivity index (χ0) is 37.0. The number of carbonyl (C=O) groups is 2. The molecule has 4 aromatic rings. The monoisotopic (exact) mass is 705 g/mol. The number of benzene rings is 2. The number of β-amino-alcohol motifs (C(OH)–C–C–N with tert-alkyl or cyclic N) is 1. The molecule has 4 heterocycles. The largest absolute Gasteiger partial charge is 0.507 e. The molecule has 0 spiro atoms. The molecule has 3 atom stereocenters. The molecule has 268 valence electrons. The third kappa shape index (κ3) is 5.48. The van der Waals surface area contributed by atoms with Crippen LogP contribution in [0, 0.1) is 24.4 Å². The van der Waals surface area contributed by atoms with E-state index >= 15 is 18.0 Å². The molecule has 0 saturated carbocycles. The summed E-state index contributed by atoms with van der Waals surface area (Å²) in [5.74, 6) is -5.83. The number of rotatable bonds is 7. The number of anilines is 2. The fourth-order valence-corrected chi connectivity index (χ4v) is 7.54. The number of pyridine rings is 2. The number of aliphatic hydroxyl groups excluding tert-OH is 1. The second-order valence-electron chi connectivity index (χ2n) is 13.1. The van der Waals surface area contributed by atoms with Gasteiger partial charge in [0.15, 0.2) is 5.82 Å². The van der Waals surface area contributed by atoms with Crippen LogP contribution in [0.25, 0.3) is 27.7 Å². The van der Waals surface area contributed by atoms with Gasteiger partial charge in [-0.1, -0.05) is 26.5 Å². The molecular formula is C37H38F3N5O6. The number of hydrogen-bond acceptors (Lipinski definition) is 9. The van der Waals surface area contributed by atoms with Crippen LogP contribution in [-0.4, -0.2) is 88.0 Å². The van der Waals surface area contributed by atoms with E-state index in [1.807, 2.05) is 13.8 Å². The van der Waals surface area contributed by atoms with Gasteiger partial charge in [0, 0.05) is 37.3 Å². The number of aliphatic hydroxyl groups is 1. The van der Waals surface area contributed by atoms with E-state index in [9.17, 15) is 19.8 Å². The summed E-state index contributed by atoms with van der Waals surface area (Å²) in [5.41, 5.74) is -1.86. The second-order valence-corrected chi connectivity index (χ2v) is 13.1. The smallest absolute Gasteiger partial charge is 0.330 e. The number of aromatic nitrogens is 2. The molecule has 2 aliphatic rings. The molecule has 0 bridgehead atoms. The maximum absolute atomic E-state index is 17.4. The molecule has 6 rings (SSSR count). The molecule has 1 fully saturated rings. The van der Waals surface area contributed by atoms with Crippen molar-refractivity contribution < 1.29 is 37.7 Å². The lowest BCUT2D eigenvalue weighted by Crippen LogP contribution is -2.70. The van der Waals surface area contributed by atoms with Gasteiger partial charge in [0.2, 0.25) is 5.91 Å². The fraction of sp³-hybridized carbons (Fsp3) is 0.351. The maximum atomic E-state index is 17.4. The topological polar surface area (TPSA) is 128 Å². The number of nitrogens with zero attached hydrogens (tertiary/aromatic N) is 5. The Morgan fingerprint density at radius 3 is 2.45 bits per heavy atom. The minimum Gasteiger partial charge on any atom is -0.507 e. The van der Waals surface area contributed by atoms with E-state index in [-0.39, 0.29) is 48.0 Å². The second kappa shape index (κ2) is 13.4. The molecule has 1 amide bonds. The first-order chi connectivity index (χ1) is 24.3. The summed E-state index contributed by atoms with van der Waals surface area (Å²) < 4.78 is 55.5. The molecule has 1 saturated heterocycles. The summed E-state index contributed by atoms with van der Waals surface area (Å²) in [5, 5.41) is 20.9. The molecule has 2 aromatic heterocycles. The SMILES string of the molecule is C=CC(=O)N1CC2C(C(=O)OC)N(CCO)c3c(c4cc(F)c(-c5c(O)cccc5F)c(F)c4n(-c4c(C)ccnc4C(C)C)c3=O)N2CC1C. The quantitative estimate of drug-likeness (QED) is 0.210. The first-order valence-corrected chi connectivity index (χ1v) is 16.5. The zero-order valence-corrected chi connectivity index (χ0v) is 28.8. The van der Waals surface area contributed by atoms with Crippen molar-refractivity contribution in [1.82, 2.24) is 14.5 Å². The number of piperazine rings is 1. The number of phenols is 1. The Bertz CT molecular complexity index is 2130. The van der Waals surface area contributed by atoms with Crippen LogP contribution < -0.4 is 15.4 Å². The Balaban J connectivity index is 1.85. The number of phenolic OH excluding ortho intramolecular Hbond substituents is 1. The molecule has 2 aliphatic heterocycles. The van der Waals surface area contributed by atoms with E-state index in [1.165, 1.54) is 23.0 Å². The number of fused-ring (bicyclic) bond motifs is 5. The number of methoxy groups -OCH3 is 1. The Hall–Kier alpha value is -5.37. The number of aryl methyl sites for hydroxylation is 1. The molecule has 14 heteroatoms. The zero-order valence-electron chi connectivity index (χ0n) is 28.8. The van der Waals surface area contributed by atoms with E-state index < -0.39 is 82.0 Å². The minimum atomic E-state index is -1.32. The van der Waals surface area contributed by atoms with Gasteiger partial charge in [-0.15, -0.1) is 0 Å². The summed E-state index contributed by atoms with van der Waals surface area (Å²) in [6.45, 7) is 9.87. The normalized spacial score (nSPS) is 18.5. The lowest BCUT2D eigenvalue weighted by atomic mass is 9.91. The summed E-state index contributed by atoms with van der Waals surface area (Å²) >= 11 is 0. The molecule has 3 unspecified atom stereocenters. The Kier molecular flexibility index (Phi) is 9.31. The van der Waals surface area contributed by atoms with Crippen LogP contribution in [0.2, 0.25) is 0 Å². The van der Waals surface area contributed by atoms with Crippen LogP contribution in [-0.2, 0) is 14.3 Å². The highest BCUT2D eigenvalue weighted by molar-refractivity contribution is 6.05. The van der Waals surface area contributed by atoms with E-state index in [0.29, 0.717) is 11.3 Å². The third-order valence-corrected chi connectivity index (χ3v) is 9.76. The summed E-state index contributed by atoms with van der Waals surface area (Å²) in [7, 11) is 1.18. The van der Waals surface area contributed by atoms with Gasteiger partial charge in [-0.2, -0.15) is 0 Å². The first-order valence-electron chi connectivity index (χ1n) is 16.5. The number of halogens is 3. The van der Waals surface area contributed by atoms with Gasteiger partial charge < -0.3 is 29.6 Å². The van der Waals surface area contributed by atoms with Gasteiger partial charge in [-0.3, -0.25) is 19.1 Å². The lowest BCUT2D eigenvalue weighted by molar-refractivity contribution is -0.144. The van der Waals surface area contributed by atoms with Crippen molar-refractivity contribution in [2.75, 3.05) is 43.2 Å². The van der Waals surface area contributed by atoms with Gasteiger partial charge in [-0.25, -0.2) is 18.0 Å². The van der Waals surface area contributed by atoms with E-state index in [2.05, 4.69) is 11.6 Å². The van der Waals surface area contributed by atoms with Crippen LogP contribution in [0.5, 0.6) is 5.75 Å². The van der Waals surface area contributed by atoms with Gasteiger partial charge in [0.25, 0.3) is 5.56 Å². The van der Waals surface area contributed by atoms with E-state index in [1.54, 1.807) is 31.0 Å². The van der Waals surface area contributed by atoms with Crippen LogP contribution >= 0.6 is 0 Å². The molecule has 51 heavy (non-hydrogen) atoms. The highest BCUT2D eigenvalue weighted by Gasteiger charge is 2.50. The summed E-state index contributed by atoms with van der Waals surface area (Å²) in [6, 6.07) is 3.17.